The summed E-state index contributed by atoms with van der Waals surface area (Å²) < 4.78 is 15.9. The summed E-state index contributed by atoms with van der Waals surface area (Å²) >= 11 is 3.48. The zero-order chi connectivity index (χ0) is 16.2. The number of hydrogen-bond donors (Lipinski definition) is 0. The number of alkyl halides is 1. The number of rotatable bonds is 6. The van der Waals surface area contributed by atoms with Crippen LogP contribution in [0.4, 0.5) is 0 Å². The van der Waals surface area contributed by atoms with Crippen LogP contribution in [0.15, 0.2) is 12.1 Å². The van der Waals surface area contributed by atoms with Gasteiger partial charge in [0.25, 0.3) is 0 Å². The van der Waals surface area contributed by atoms with Crippen LogP contribution in [0.5, 0.6) is 17.2 Å². The second kappa shape index (κ2) is 7.16. The van der Waals surface area contributed by atoms with Gasteiger partial charge in [-0.25, -0.2) is 0 Å². The fraction of sp³-hybridized carbons (Fsp3) is 0.562. The Labute approximate surface area is 134 Å². The van der Waals surface area contributed by atoms with Crippen LogP contribution in [0.2, 0.25) is 0 Å². The van der Waals surface area contributed by atoms with Crippen LogP contribution in [-0.2, 0) is 11.2 Å². The minimum atomic E-state index is -0.391. The van der Waals surface area contributed by atoms with Crippen molar-refractivity contribution in [3.8, 4) is 17.2 Å². The lowest BCUT2D eigenvalue weighted by atomic mass is 9.87. The highest BCUT2D eigenvalue weighted by atomic mass is 79.9. The molecule has 0 saturated carbocycles. The van der Waals surface area contributed by atoms with Crippen molar-refractivity contribution in [2.24, 2.45) is 5.41 Å². The van der Waals surface area contributed by atoms with Gasteiger partial charge in [-0.1, -0.05) is 36.7 Å². The van der Waals surface area contributed by atoms with Crippen molar-refractivity contribution in [2.75, 3.05) is 21.3 Å². The van der Waals surface area contributed by atoms with E-state index in [1.165, 1.54) is 0 Å². The Kier molecular flexibility index (Phi) is 6.08. The summed E-state index contributed by atoms with van der Waals surface area (Å²) in [6, 6.07) is 3.62. The van der Waals surface area contributed by atoms with Crippen LogP contribution in [0.25, 0.3) is 0 Å². The molecule has 0 N–H and O–H groups in total. The number of halogens is 1. The lowest BCUT2D eigenvalue weighted by Crippen LogP contribution is -2.30. The Morgan fingerprint density at radius 3 is 1.95 bits per heavy atom. The van der Waals surface area contributed by atoms with Crippen molar-refractivity contribution in [3.05, 3.63) is 17.7 Å². The second-order valence-electron chi connectivity index (χ2n) is 5.80. The molecule has 0 unspecified atom stereocenters. The van der Waals surface area contributed by atoms with Crippen molar-refractivity contribution in [2.45, 2.75) is 32.0 Å². The maximum atomic E-state index is 12.3. The molecule has 0 radical (unpaired) electrons. The molecule has 1 aromatic carbocycles. The van der Waals surface area contributed by atoms with Crippen LogP contribution in [-0.4, -0.2) is 31.9 Å². The lowest BCUT2D eigenvalue weighted by Gasteiger charge is -2.22. The molecule has 0 amide bonds. The van der Waals surface area contributed by atoms with Crippen LogP contribution >= 0.6 is 15.9 Å². The Balaban J connectivity index is 3.10. The van der Waals surface area contributed by atoms with Gasteiger partial charge in [0, 0.05) is 11.5 Å². The molecular weight excluding hydrogens is 336 g/mol. The zero-order valence-electron chi connectivity index (χ0n) is 13.5. The van der Waals surface area contributed by atoms with Gasteiger partial charge >= 0.3 is 0 Å². The van der Waals surface area contributed by atoms with Gasteiger partial charge in [-0.3, -0.25) is 4.79 Å². The molecule has 0 aliphatic rings. The van der Waals surface area contributed by atoms with E-state index in [2.05, 4.69) is 15.9 Å². The predicted molar refractivity (Wildman–Crippen MR) is 87.0 cm³/mol. The second-order valence-corrected chi connectivity index (χ2v) is 6.91. The highest BCUT2D eigenvalue weighted by Crippen LogP contribution is 2.36. The molecule has 0 heterocycles. The van der Waals surface area contributed by atoms with Crippen LogP contribution in [0.3, 0.4) is 0 Å². The van der Waals surface area contributed by atoms with E-state index in [-0.39, 0.29) is 10.6 Å². The maximum absolute atomic E-state index is 12.3. The van der Waals surface area contributed by atoms with E-state index in [4.69, 9.17) is 14.2 Å². The van der Waals surface area contributed by atoms with Gasteiger partial charge < -0.3 is 14.2 Å². The Morgan fingerprint density at radius 1 is 1.05 bits per heavy atom. The molecule has 0 fully saturated rings. The number of Topliss-reactive ketones (excluding diaryl/α,β-unsaturated/α-hetero) is 1. The van der Waals surface area contributed by atoms with Gasteiger partial charge in [-0.15, -0.1) is 0 Å². The minimum Gasteiger partial charge on any atom is -0.496 e. The smallest absolute Gasteiger partial charge is 0.164 e. The van der Waals surface area contributed by atoms with E-state index < -0.39 is 5.41 Å². The number of carbonyl (C=O) groups excluding carboxylic acids is 1. The van der Waals surface area contributed by atoms with Gasteiger partial charge in [-0.2, -0.15) is 0 Å². The summed E-state index contributed by atoms with van der Waals surface area (Å²) in [6.07, 6.45) is 0.527. The monoisotopic (exact) mass is 358 g/mol. The third kappa shape index (κ3) is 4.37. The van der Waals surface area contributed by atoms with E-state index in [9.17, 15) is 4.79 Å². The van der Waals surface area contributed by atoms with Crippen LogP contribution in [0, 0.1) is 5.41 Å². The summed E-state index contributed by atoms with van der Waals surface area (Å²) in [6.45, 7) is 5.74. The molecule has 0 aromatic heterocycles. The Morgan fingerprint density at radius 2 is 1.52 bits per heavy atom. The number of carbonyl (C=O) groups is 1. The standard InChI is InChI=1S/C16H23BrO4/c1-16(2,3)15(18)11(17)7-10-8-13(20-5)14(21-6)9-12(10)19-4/h8-9,11H,7H2,1-6H3/t11-/m0/s1. The normalized spacial score (nSPS) is 12.7. The third-order valence-corrected chi connectivity index (χ3v) is 3.95. The SMILES string of the molecule is COc1cc(OC)c(OC)cc1C[C@H](Br)C(=O)C(C)(C)C. The molecule has 118 valence electrons. The molecule has 0 spiro atoms. The third-order valence-electron chi connectivity index (χ3n) is 3.21. The summed E-state index contributed by atoms with van der Waals surface area (Å²) in [7, 11) is 4.76. The molecule has 0 aliphatic carbocycles. The Hall–Kier alpha value is -1.23. The highest BCUT2D eigenvalue weighted by Gasteiger charge is 2.29. The number of methoxy groups -OCH3 is 3. The largest absolute Gasteiger partial charge is 0.496 e. The first-order valence-corrected chi connectivity index (χ1v) is 7.63. The predicted octanol–water partition coefficient (Wildman–Crippen LogP) is 3.63. The number of ketones is 1. The maximum Gasteiger partial charge on any atom is 0.164 e. The topological polar surface area (TPSA) is 44.8 Å². The van der Waals surface area contributed by atoms with Crippen molar-refractivity contribution in [1.82, 2.24) is 0 Å². The van der Waals surface area contributed by atoms with Crippen LogP contribution in [0.1, 0.15) is 26.3 Å². The van der Waals surface area contributed by atoms with E-state index in [1.807, 2.05) is 26.8 Å². The van der Waals surface area contributed by atoms with Gasteiger partial charge in [0.1, 0.15) is 5.75 Å². The molecule has 1 aromatic rings. The van der Waals surface area contributed by atoms with Gasteiger partial charge in [0.15, 0.2) is 17.3 Å². The number of hydrogen-bond acceptors (Lipinski definition) is 4. The highest BCUT2D eigenvalue weighted by molar-refractivity contribution is 9.10. The zero-order valence-corrected chi connectivity index (χ0v) is 15.0. The van der Waals surface area contributed by atoms with E-state index in [1.54, 1.807) is 27.4 Å². The molecule has 0 bridgehead atoms. The quantitative estimate of drug-likeness (QED) is 0.728. The molecule has 1 atom stereocenters. The average molecular weight is 359 g/mol. The Bertz CT molecular complexity index is 506. The molecule has 5 heteroatoms. The van der Waals surface area contributed by atoms with Gasteiger partial charge in [-0.05, 0) is 18.1 Å². The molecule has 0 saturated heterocycles. The van der Waals surface area contributed by atoms with E-state index in [0.717, 1.165) is 5.56 Å². The summed E-state index contributed by atoms with van der Waals surface area (Å²) in [4.78, 5) is 12.0. The molecule has 21 heavy (non-hydrogen) atoms. The first kappa shape index (κ1) is 17.8. The van der Waals surface area contributed by atoms with Crippen LogP contribution < -0.4 is 14.2 Å². The summed E-state index contributed by atoms with van der Waals surface area (Å²) in [5, 5.41) is 0. The minimum absolute atomic E-state index is 0.152. The summed E-state index contributed by atoms with van der Waals surface area (Å²) in [5.41, 5.74) is 0.507. The first-order chi connectivity index (χ1) is 9.74. The van der Waals surface area contributed by atoms with Crippen molar-refractivity contribution in [3.63, 3.8) is 0 Å². The molecular formula is C16H23BrO4. The fourth-order valence-electron chi connectivity index (χ4n) is 2.01. The van der Waals surface area contributed by atoms with Crippen molar-refractivity contribution >= 4 is 21.7 Å². The molecule has 0 aliphatic heterocycles. The van der Waals surface area contributed by atoms with Crippen molar-refractivity contribution in [1.29, 1.82) is 0 Å². The van der Waals surface area contributed by atoms with Gasteiger partial charge in [0.2, 0.25) is 0 Å². The number of benzene rings is 1. The van der Waals surface area contributed by atoms with Crippen molar-refractivity contribution < 1.29 is 19.0 Å². The molecule has 4 nitrogen and oxygen atoms in total. The average Bonchev–Trinajstić information content (AvgIpc) is 2.44. The van der Waals surface area contributed by atoms with E-state index >= 15 is 0 Å². The fourth-order valence-corrected chi connectivity index (χ4v) is 3.04. The summed E-state index contributed by atoms with van der Waals surface area (Å²) in [5.74, 6) is 2.06. The van der Waals surface area contributed by atoms with Gasteiger partial charge in [0.05, 0.1) is 26.2 Å². The van der Waals surface area contributed by atoms with E-state index in [0.29, 0.717) is 23.7 Å². The lowest BCUT2D eigenvalue weighted by molar-refractivity contribution is -0.125. The number of ether oxygens (including phenoxy) is 3. The molecule has 1 rings (SSSR count). The first-order valence-electron chi connectivity index (χ1n) is 6.71.